The smallest absolute Gasteiger partial charge is 0.345 e. The van der Waals surface area contributed by atoms with Crippen molar-refractivity contribution >= 4 is 29.2 Å². The van der Waals surface area contributed by atoms with Gasteiger partial charge >= 0.3 is 5.97 Å². The topological polar surface area (TPSA) is 46.5 Å². The van der Waals surface area contributed by atoms with Crippen molar-refractivity contribution in [1.29, 1.82) is 0 Å². The molecule has 3 nitrogen and oxygen atoms in total. The van der Waals surface area contributed by atoms with E-state index in [-0.39, 0.29) is 5.92 Å². The van der Waals surface area contributed by atoms with Gasteiger partial charge in [0.15, 0.2) is 6.10 Å². The second-order valence-electron chi connectivity index (χ2n) is 3.70. The van der Waals surface area contributed by atoms with Crippen molar-refractivity contribution in [3.8, 4) is 5.75 Å². The molecule has 5 heteroatoms. The van der Waals surface area contributed by atoms with Crippen molar-refractivity contribution in [3.63, 3.8) is 0 Å². The largest absolute Gasteiger partial charge is 0.478 e. The molecule has 0 aromatic heterocycles. The van der Waals surface area contributed by atoms with Gasteiger partial charge in [-0.2, -0.15) is 0 Å². The molecule has 0 bridgehead atoms. The molecule has 0 radical (unpaired) electrons. The number of hydrogen-bond acceptors (Lipinski definition) is 2. The van der Waals surface area contributed by atoms with Crippen molar-refractivity contribution in [2.24, 2.45) is 5.92 Å². The highest BCUT2D eigenvalue weighted by Gasteiger charge is 2.24. The summed E-state index contributed by atoms with van der Waals surface area (Å²) in [5.41, 5.74) is 0. The van der Waals surface area contributed by atoms with Gasteiger partial charge in [-0.25, -0.2) is 4.79 Å². The molecule has 88 valence electrons. The first-order valence-corrected chi connectivity index (χ1v) is 5.52. The van der Waals surface area contributed by atoms with Gasteiger partial charge in [-0.3, -0.25) is 0 Å². The minimum Gasteiger partial charge on any atom is -0.478 e. The number of rotatable bonds is 4. The molecule has 1 N–H and O–H groups in total. The van der Waals surface area contributed by atoms with E-state index in [1.165, 1.54) is 6.07 Å². The summed E-state index contributed by atoms with van der Waals surface area (Å²) in [4.78, 5) is 10.9. The minimum atomic E-state index is -1.01. The summed E-state index contributed by atoms with van der Waals surface area (Å²) >= 11 is 11.6. The molecular formula is C11H12Cl2O3. The predicted octanol–water partition coefficient (Wildman–Crippen LogP) is 3.48. The first kappa shape index (κ1) is 13.1. The zero-order valence-electron chi connectivity index (χ0n) is 8.91. The van der Waals surface area contributed by atoms with Crippen molar-refractivity contribution in [2.75, 3.05) is 0 Å². The Kier molecular flexibility index (Phi) is 4.44. The van der Waals surface area contributed by atoms with E-state index < -0.39 is 12.1 Å². The van der Waals surface area contributed by atoms with Crippen LogP contribution in [0.2, 0.25) is 10.0 Å². The van der Waals surface area contributed by atoms with Gasteiger partial charge in [-0.1, -0.05) is 37.0 Å². The molecule has 1 aromatic carbocycles. The van der Waals surface area contributed by atoms with E-state index in [1.54, 1.807) is 26.0 Å². The van der Waals surface area contributed by atoms with Gasteiger partial charge in [-0.15, -0.1) is 0 Å². The molecule has 0 amide bonds. The van der Waals surface area contributed by atoms with Gasteiger partial charge in [0.05, 0.1) is 5.02 Å². The first-order chi connectivity index (χ1) is 7.41. The van der Waals surface area contributed by atoms with Gasteiger partial charge in [-0.05, 0) is 18.2 Å². The van der Waals surface area contributed by atoms with Gasteiger partial charge in [0.2, 0.25) is 0 Å². The highest BCUT2D eigenvalue weighted by Crippen LogP contribution is 2.29. The molecule has 0 aliphatic carbocycles. The third-order valence-corrected chi connectivity index (χ3v) is 2.53. The van der Waals surface area contributed by atoms with Crippen LogP contribution in [0.15, 0.2) is 18.2 Å². The van der Waals surface area contributed by atoms with Crippen molar-refractivity contribution < 1.29 is 14.6 Å². The van der Waals surface area contributed by atoms with Crippen LogP contribution in [0.5, 0.6) is 5.75 Å². The monoisotopic (exact) mass is 262 g/mol. The van der Waals surface area contributed by atoms with Crippen LogP contribution in [-0.2, 0) is 4.79 Å². The Hall–Kier alpha value is -0.930. The molecule has 0 fully saturated rings. The van der Waals surface area contributed by atoms with E-state index in [4.69, 9.17) is 33.0 Å². The number of benzene rings is 1. The van der Waals surface area contributed by atoms with Gasteiger partial charge in [0, 0.05) is 10.9 Å². The van der Waals surface area contributed by atoms with Crippen LogP contribution < -0.4 is 4.74 Å². The number of aliphatic carboxylic acids is 1. The summed E-state index contributed by atoms with van der Waals surface area (Å²) in [5.74, 6) is -0.836. The number of carboxylic acid groups (broad SMARTS) is 1. The van der Waals surface area contributed by atoms with Crippen LogP contribution in [0, 0.1) is 5.92 Å². The fourth-order valence-corrected chi connectivity index (χ4v) is 1.63. The molecular weight excluding hydrogens is 251 g/mol. The highest BCUT2D eigenvalue weighted by molar-refractivity contribution is 6.35. The Morgan fingerprint density at radius 1 is 1.38 bits per heavy atom. The van der Waals surface area contributed by atoms with Crippen molar-refractivity contribution in [3.05, 3.63) is 28.2 Å². The Balaban J connectivity index is 2.90. The maximum Gasteiger partial charge on any atom is 0.345 e. The second kappa shape index (κ2) is 5.41. The Morgan fingerprint density at radius 3 is 2.44 bits per heavy atom. The van der Waals surface area contributed by atoms with Crippen LogP contribution in [0.4, 0.5) is 0 Å². The Labute approximate surface area is 104 Å². The van der Waals surface area contributed by atoms with E-state index >= 15 is 0 Å². The van der Waals surface area contributed by atoms with Gasteiger partial charge < -0.3 is 9.84 Å². The molecule has 1 unspecified atom stereocenters. The maximum absolute atomic E-state index is 10.9. The fraction of sp³-hybridized carbons (Fsp3) is 0.364. The number of ether oxygens (including phenoxy) is 1. The second-order valence-corrected chi connectivity index (χ2v) is 4.54. The van der Waals surface area contributed by atoms with E-state index in [0.29, 0.717) is 15.8 Å². The van der Waals surface area contributed by atoms with E-state index in [0.717, 1.165) is 0 Å². The molecule has 0 saturated carbocycles. The summed E-state index contributed by atoms with van der Waals surface area (Å²) in [7, 11) is 0. The lowest BCUT2D eigenvalue weighted by atomic mass is 10.1. The molecule has 0 aliphatic heterocycles. The van der Waals surface area contributed by atoms with Crippen LogP contribution in [0.1, 0.15) is 13.8 Å². The SMILES string of the molecule is CC(C)C(Oc1ccc(Cl)cc1Cl)C(=O)O. The third kappa shape index (κ3) is 3.29. The third-order valence-electron chi connectivity index (χ3n) is 2.00. The van der Waals surface area contributed by atoms with E-state index in [9.17, 15) is 4.79 Å². The Morgan fingerprint density at radius 2 is 2.00 bits per heavy atom. The maximum atomic E-state index is 10.9. The van der Waals surface area contributed by atoms with E-state index in [2.05, 4.69) is 0 Å². The molecule has 0 aliphatic rings. The standard InChI is InChI=1S/C11H12Cl2O3/c1-6(2)10(11(14)15)16-9-4-3-7(12)5-8(9)13/h3-6,10H,1-2H3,(H,14,15). The average molecular weight is 263 g/mol. The lowest BCUT2D eigenvalue weighted by molar-refractivity contribution is -0.147. The van der Waals surface area contributed by atoms with Gasteiger partial charge in [0.1, 0.15) is 5.75 Å². The predicted molar refractivity (Wildman–Crippen MR) is 63.4 cm³/mol. The average Bonchev–Trinajstić information content (AvgIpc) is 2.15. The zero-order valence-corrected chi connectivity index (χ0v) is 10.4. The Bertz CT molecular complexity index is 391. The molecule has 16 heavy (non-hydrogen) atoms. The number of carbonyl (C=O) groups is 1. The fourth-order valence-electron chi connectivity index (χ4n) is 1.18. The quantitative estimate of drug-likeness (QED) is 0.904. The lowest BCUT2D eigenvalue weighted by Gasteiger charge is -2.19. The zero-order chi connectivity index (χ0) is 12.3. The molecule has 1 aromatic rings. The molecule has 0 spiro atoms. The summed E-state index contributed by atoms with van der Waals surface area (Å²) in [6.07, 6.45) is -0.918. The summed E-state index contributed by atoms with van der Waals surface area (Å²) < 4.78 is 5.33. The van der Waals surface area contributed by atoms with Crippen LogP contribution in [0.3, 0.4) is 0 Å². The number of halogens is 2. The van der Waals surface area contributed by atoms with Crippen molar-refractivity contribution in [2.45, 2.75) is 20.0 Å². The van der Waals surface area contributed by atoms with Crippen LogP contribution in [0.25, 0.3) is 0 Å². The number of hydrogen-bond donors (Lipinski definition) is 1. The van der Waals surface area contributed by atoms with Crippen LogP contribution >= 0.6 is 23.2 Å². The lowest BCUT2D eigenvalue weighted by Crippen LogP contribution is -2.32. The minimum absolute atomic E-state index is 0.149. The molecule has 0 saturated heterocycles. The van der Waals surface area contributed by atoms with E-state index in [1.807, 2.05) is 0 Å². The summed E-state index contributed by atoms with van der Waals surface area (Å²) in [6.45, 7) is 3.53. The highest BCUT2D eigenvalue weighted by atomic mass is 35.5. The summed E-state index contributed by atoms with van der Waals surface area (Å²) in [5, 5.41) is 9.74. The molecule has 1 atom stereocenters. The first-order valence-electron chi connectivity index (χ1n) is 4.76. The van der Waals surface area contributed by atoms with Crippen LogP contribution in [-0.4, -0.2) is 17.2 Å². The number of carboxylic acids is 1. The molecule has 1 rings (SSSR count). The summed E-state index contributed by atoms with van der Waals surface area (Å²) in [6, 6.07) is 4.67. The normalized spacial score (nSPS) is 12.6. The molecule has 0 heterocycles. The van der Waals surface area contributed by atoms with Crippen molar-refractivity contribution in [1.82, 2.24) is 0 Å². The van der Waals surface area contributed by atoms with Gasteiger partial charge in [0.25, 0.3) is 0 Å².